The lowest BCUT2D eigenvalue weighted by molar-refractivity contribution is 0.318. The van der Waals surface area contributed by atoms with Crippen LogP contribution in [0.1, 0.15) is 44.6 Å². The fraction of sp³-hybridized carbons (Fsp3) is 0.647. The molecule has 0 heterocycles. The lowest BCUT2D eigenvalue weighted by Gasteiger charge is -2.33. The number of hydrogen-bond acceptors (Lipinski definition) is 2. The van der Waals surface area contributed by atoms with Crippen LogP contribution in [0.15, 0.2) is 18.2 Å². The molecule has 1 aromatic rings. The molecular weight excluding hydrogens is 268 g/mol. The number of halogens is 1. The summed E-state index contributed by atoms with van der Waals surface area (Å²) >= 11 is 6.51. The van der Waals surface area contributed by atoms with Gasteiger partial charge in [0.15, 0.2) is 0 Å². The van der Waals surface area contributed by atoms with Gasteiger partial charge in [0, 0.05) is 25.7 Å². The maximum Gasteiger partial charge on any atom is 0.0642 e. The van der Waals surface area contributed by atoms with Crippen LogP contribution in [0.2, 0.25) is 5.02 Å². The molecule has 0 unspecified atom stereocenters. The van der Waals surface area contributed by atoms with Crippen molar-refractivity contribution in [2.45, 2.75) is 51.6 Å². The molecule has 1 aromatic carbocycles. The SMILES string of the molecule is CCN(CC1CCC1)c1ccc(CNC2CC2)cc1Cl. The Balaban J connectivity index is 1.64. The van der Waals surface area contributed by atoms with E-state index in [1.165, 1.54) is 43.4 Å². The predicted molar refractivity (Wildman–Crippen MR) is 86.5 cm³/mol. The average molecular weight is 293 g/mol. The minimum Gasteiger partial charge on any atom is -0.370 e. The van der Waals surface area contributed by atoms with Crippen LogP contribution in [0.3, 0.4) is 0 Å². The monoisotopic (exact) mass is 292 g/mol. The second-order valence-corrected chi connectivity index (χ2v) is 6.68. The van der Waals surface area contributed by atoms with Gasteiger partial charge in [0.25, 0.3) is 0 Å². The van der Waals surface area contributed by atoms with Crippen molar-refractivity contribution in [3.8, 4) is 0 Å². The fourth-order valence-electron chi connectivity index (χ4n) is 2.85. The summed E-state index contributed by atoms with van der Waals surface area (Å²) < 4.78 is 0. The molecule has 0 aromatic heterocycles. The van der Waals surface area contributed by atoms with Crippen LogP contribution in [0.4, 0.5) is 5.69 Å². The largest absolute Gasteiger partial charge is 0.370 e. The van der Waals surface area contributed by atoms with Gasteiger partial charge in [0.1, 0.15) is 0 Å². The van der Waals surface area contributed by atoms with Crippen LogP contribution in [0, 0.1) is 5.92 Å². The summed E-state index contributed by atoms with van der Waals surface area (Å²) in [5.41, 5.74) is 2.50. The molecule has 2 aliphatic carbocycles. The summed E-state index contributed by atoms with van der Waals surface area (Å²) in [4.78, 5) is 2.43. The summed E-state index contributed by atoms with van der Waals surface area (Å²) in [5.74, 6) is 0.877. The first-order valence-corrected chi connectivity index (χ1v) is 8.41. The quantitative estimate of drug-likeness (QED) is 0.809. The highest BCUT2D eigenvalue weighted by Gasteiger charge is 2.22. The van der Waals surface area contributed by atoms with E-state index in [0.29, 0.717) is 0 Å². The van der Waals surface area contributed by atoms with E-state index >= 15 is 0 Å². The smallest absolute Gasteiger partial charge is 0.0642 e. The third-order valence-corrected chi connectivity index (χ3v) is 4.91. The maximum absolute atomic E-state index is 6.51. The Morgan fingerprint density at radius 1 is 1.25 bits per heavy atom. The number of rotatable bonds is 7. The van der Waals surface area contributed by atoms with Gasteiger partial charge in [-0.1, -0.05) is 24.1 Å². The van der Waals surface area contributed by atoms with Crippen molar-refractivity contribution >= 4 is 17.3 Å². The van der Waals surface area contributed by atoms with Gasteiger partial charge in [0.05, 0.1) is 10.7 Å². The van der Waals surface area contributed by atoms with E-state index in [0.717, 1.165) is 36.6 Å². The molecule has 2 saturated carbocycles. The zero-order chi connectivity index (χ0) is 13.9. The number of anilines is 1. The molecule has 110 valence electrons. The number of hydrogen-bond donors (Lipinski definition) is 1. The Kier molecular flexibility index (Phi) is 4.52. The molecule has 0 radical (unpaired) electrons. The van der Waals surface area contributed by atoms with Gasteiger partial charge in [-0.15, -0.1) is 0 Å². The van der Waals surface area contributed by atoms with Gasteiger partial charge in [-0.05, 0) is 56.2 Å². The van der Waals surface area contributed by atoms with Crippen molar-refractivity contribution in [2.75, 3.05) is 18.0 Å². The lowest BCUT2D eigenvalue weighted by atomic mass is 9.85. The first-order valence-electron chi connectivity index (χ1n) is 8.03. The van der Waals surface area contributed by atoms with E-state index < -0.39 is 0 Å². The zero-order valence-corrected chi connectivity index (χ0v) is 13.1. The summed E-state index contributed by atoms with van der Waals surface area (Å²) in [6, 6.07) is 7.31. The van der Waals surface area contributed by atoms with Gasteiger partial charge in [0.2, 0.25) is 0 Å². The van der Waals surface area contributed by atoms with Crippen LogP contribution in [-0.2, 0) is 6.54 Å². The first kappa shape index (κ1) is 14.2. The summed E-state index contributed by atoms with van der Waals surface area (Å²) in [6.45, 7) is 5.36. The molecule has 0 amide bonds. The van der Waals surface area contributed by atoms with Crippen molar-refractivity contribution in [1.82, 2.24) is 5.32 Å². The Labute approximate surface area is 127 Å². The molecule has 20 heavy (non-hydrogen) atoms. The number of benzene rings is 1. The fourth-order valence-corrected chi connectivity index (χ4v) is 3.17. The Morgan fingerprint density at radius 3 is 2.60 bits per heavy atom. The van der Waals surface area contributed by atoms with Crippen LogP contribution < -0.4 is 10.2 Å². The van der Waals surface area contributed by atoms with Crippen molar-refractivity contribution in [3.05, 3.63) is 28.8 Å². The van der Waals surface area contributed by atoms with Crippen LogP contribution in [0.5, 0.6) is 0 Å². The molecule has 0 atom stereocenters. The van der Waals surface area contributed by atoms with E-state index in [2.05, 4.69) is 35.3 Å². The lowest BCUT2D eigenvalue weighted by Crippen LogP contribution is -2.32. The van der Waals surface area contributed by atoms with Gasteiger partial charge < -0.3 is 10.2 Å². The van der Waals surface area contributed by atoms with Crippen molar-refractivity contribution in [1.29, 1.82) is 0 Å². The van der Waals surface area contributed by atoms with E-state index in [1.807, 2.05) is 0 Å². The van der Waals surface area contributed by atoms with Crippen molar-refractivity contribution < 1.29 is 0 Å². The molecule has 0 aliphatic heterocycles. The van der Waals surface area contributed by atoms with Crippen LogP contribution in [-0.4, -0.2) is 19.1 Å². The Bertz CT molecular complexity index is 452. The molecule has 1 N–H and O–H groups in total. The molecule has 2 fully saturated rings. The van der Waals surface area contributed by atoms with Crippen molar-refractivity contribution in [3.63, 3.8) is 0 Å². The summed E-state index contributed by atoms with van der Waals surface area (Å²) in [5, 5.41) is 4.44. The van der Waals surface area contributed by atoms with Crippen LogP contribution >= 0.6 is 11.6 Å². The van der Waals surface area contributed by atoms with Gasteiger partial charge in [-0.3, -0.25) is 0 Å². The zero-order valence-electron chi connectivity index (χ0n) is 12.4. The normalized spacial score (nSPS) is 18.9. The van der Waals surface area contributed by atoms with Gasteiger partial charge in [-0.2, -0.15) is 0 Å². The molecule has 0 spiro atoms. The van der Waals surface area contributed by atoms with Gasteiger partial charge >= 0.3 is 0 Å². The molecule has 2 aliphatic rings. The van der Waals surface area contributed by atoms with Crippen molar-refractivity contribution in [2.24, 2.45) is 5.92 Å². The van der Waals surface area contributed by atoms with E-state index in [4.69, 9.17) is 11.6 Å². The molecule has 3 rings (SSSR count). The molecule has 2 nitrogen and oxygen atoms in total. The molecule has 0 bridgehead atoms. The third kappa shape index (κ3) is 3.48. The Morgan fingerprint density at radius 2 is 2.05 bits per heavy atom. The van der Waals surface area contributed by atoms with Crippen LogP contribution in [0.25, 0.3) is 0 Å². The van der Waals surface area contributed by atoms with E-state index in [1.54, 1.807) is 0 Å². The number of nitrogens with zero attached hydrogens (tertiary/aromatic N) is 1. The van der Waals surface area contributed by atoms with E-state index in [9.17, 15) is 0 Å². The minimum absolute atomic E-state index is 0.749. The highest BCUT2D eigenvalue weighted by atomic mass is 35.5. The highest BCUT2D eigenvalue weighted by molar-refractivity contribution is 6.33. The van der Waals surface area contributed by atoms with Gasteiger partial charge in [-0.25, -0.2) is 0 Å². The van der Waals surface area contributed by atoms with E-state index in [-0.39, 0.29) is 0 Å². The third-order valence-electron chi connectivity index (χ3n) is 4.61. The first-order chi connectivity index (χ1) is 9.76. The Hall–Kier alpha value is -0.730. The topological polar surface area (TPSA) is 15.3 Å². The molecule has 0 saturated heterocycles. The highest BCUT2D eigenvalue weighted by Crippen LogP contribution is 2.32. The summed E-state index contributed by atoms with van der Waals surface area (Å²) in [7, 11) is 0. The molecule has 3 heteroatoms. The second-order valence-electron chi connectivity index (χ2n) is 6.28. The maximum atomic E-state index is 6.51. The number of nitrogens with one attached hydrogen (secondary N) is 1. The molecular formula is C17H25ClN2. The minimum atomic E-state index is 0.749. The predicted octanol–water partition coefficient (Wildman–Crippen LogP) is 4.22. The standard InChI is InChI=1S/C17H25ClN2/c1-2-20(12-13-4-3-5-13)17-9-6-14(10-16(17)18)11-19-15-7-8-15/h6,9-10,13,15,19H,2-5,7-8,11-12H2,1H3. The second kappa shape index (κ2) is 6.36. The summed E-state index contributed by atoms with van der Waals surface area (Å²) in [6.07, 6.45) is 6.84. The average Bonchev–Trinajstić information content (AvgIpc) is 3.21.